The van der Waals surface area contributed by atoms with Gasteiger partial charge in [0.05, 0.1) is 0 Å². The predicted octanol–water partition coefficient (Wildman–Crippen LogP) is 0.973. The van der Waals surface area contributed by atoms with Gasteiger partial charge in [0.2, 0.25) is 0 Å². The van der Waals surface area contributed by atoms with Crippen LogP contribution in [0.2, 0.25) is 5.05 Å². The van der Waals surface area contributed by atoms with Gasteiger partial charge in [-0.3, -0.25) is 0 Å². The molecule has 1 aromatic rings. The van der Waals surface area contributed by atoms with Gasteiger partial charge in [-0.1, -0.05) is 120 Å². The van der Waals surface area contributed by atoms with Crippen LogP contribution in [-0.4, -0.2) is 20.4 Å². The van der Waals surface area contributed by atoms with Gasteiger partial charge in [0.25, 0.3) is 0 Å². The minimum absolute atomic E-state index is 0. The van der Waals surface area contributed by atoms with Crippen molar-refractivity contribution in [3.8, 4) is 0 Å². The van der Waals surface area contributed by atoms with Crippen molar-refractivity contribution in [1.82, 2.24) is 0 Å². The van der Waals surface area contributed by atoms with Crippen molar-refractivity contribution in [3.05, 3.63) is 35.9 Å². The molecule has 130 valence electrons. The van der Waals surface area contributed by atoms with Crippen LogP contribution in [-0.2, 0) is 3.54 Å². The van der Waals surface area contributed by atoms with Gasteiger partial charge in [-0.15, -0.1) is 3.54 Å². The van der Waals surface area contributed by atoms with Gasteiger partial charge in [-0.05, 0) is 0 Å². The zero-order chi connectivity index (χ0) is 16.1. The molecule has 0 aliphatic carbocycles. The third kappa shape index (κ3) is 11.8. The number of hydrogen-bond acceptors (Lipinski definition) is 0. The monoisotopic (exact) mass is 370 g/mol. The Balaban J connectivity index is 0. The fraction of sp³-hybridized carbons (Fsp3) is 0.714. The Hall–Kier alpha value is 1.28. The van der Waals surface area contributed by atoms with Crippen LogP contribution in [0.15, 0.2) is 30.3 Å². The van der Waals surface area contributed by atoms with Crippen LogP contribution in [0.25, 0.3) is 0 Å². The minimum Gasteiger partial charge on any atom is -1.00 e. The second-order valence-corrected chi connectivity index (χ2v) is 9.48. The number of rotatable bonds is 13. The van der Waals surface area contributed by atoms with E-state index in [0.29, 0.717) is 3.54 Å². The Bertz CT molecular complexity index is 371. The summed E-state index contributed by atoms with van der Waals surface area (Å²) in [5.74, 6) is 0. The van der Waals surface area contributed by atoms with Crippen molar-refractivity contribution < 1.29 is 42.0 Å². The molecule has 1 rings (SSSR count). The SMILES string of the molecule is CCCCCCCCCCCC[C](C)([Mg][CH3])c1ccccc1.[Cl-].[Na+]. The van der Waals surface area contributed by atoms with Crippen molar-refractivity contribution in [1.29, 1.82) is 0 Å². The summed E-state index contributed by atoms with van der Waals surface area (Å²) in [4.78, 5) is 0. The van der Waals surface area contributed by atoms with Gasteiger partial charge in [-0.2, -0.15) is 5.05 Å². The quantitative estimate of drug-likeness (QED) is 0.358. The first kappa shape index (κ1) is 27.5. The van der Waals surface area contributed by atoms with E-state index < -0.39 is 0 Å². The molecule has 0 saturated carbocycles. The van der Waals surface area contributed by atoms with Crippen molar-refractivity contribution in [2.45, 2.75) is 93.1 Å². The molecule has 0 saturated heterocycles. The molecule has 0 aromatic heterocycles. The van der Waals surface area contributed by atoms with Gasteiger partial charge in [0.1, 0.15) is 0 Å². The average molecular weight is 371 g/mol. The van der Waals surface area contributed by atoms with Crippen molar-refractivity contribution >= 4 is 20.4 Å². The molecular weight excluding hydrogens is 335 g/mol. The maximum absolute atomic E-state index is 2.50. The van der Waals surface area contributed by atoms with E-state index in [9.17, 15) is 0 Å². The summed E-state index contributed by atoms with van der Waals surface area (Å²) in [6, 6.07) is 11.2. The van der Waals surface area contributed by atoms with Gasteiger partial charge in [0.15, 0.2) is 0 Å². The van der Waals surface area contributed by atoms with Crippen molar-refractivity contribution in [2.24, 2.45) is 0 Å². The molecule has 1 unspecified atom stereocenters. The van der Waals surface area contributed by atoms with Crippen LogP contribution in [0.5, 0.6) is 0 Å². The van der Waals surface area contributed by atoms with Crippen molar-refractivity contribution in [2.75, 3.05) is 0 Å². The minimum atomic E-state index is -0.0227. The Kier molecular flexibility index (Phi) is 20.3. The summed E-state index contributed by atoms with van der Waals surface area (Å²) in [5, 5.41) is 2.48. The smallest absolute Gasteiger partial charge is 1.00 e. The molecule has 0 fully saturated rings. The van der Waals surface area contributed by atoms with E-state index in [4.69, 9.17) is 0 Å². The normalized spacial score (nSPS) is 12.5. The fourth-order valence-corrected chi connectivity index (χ4v) is 4.62. The van der Waals surface area contributed by atoms with E-state index in [1.165, 1.54) is 70.6 Å². The van der Waals surface area contributed by atoms with Gasteiger partial charge in [0, 0.05) is 0 Å². The number of benzene rings is 1. The molecule has 24 heavy (non-hydrogen) atoms. The van der Waals surface area contributed by atoms with Crippen LogP contribution in [0.1, 0.15) is 90.0 Å². The second-order valence-electron chi connectivity index (χ2n) is 7.21. The molecule has 0 N–H and O–H groups in total. The van der Waals surface area contributed by atoms with E-state index in [-0.39, 0.29) is 62.3 Å². The molecule has 0 aliphatic heterocycles. The Morgan fingerprint density at radius 2 is 1.25 bits per heavy atom. The largest absolute Gasteiger partial charge is 1.00 e. The Morgan fingerprint density at radius 1 is 0.792 bits per heavy atom. The standard InChI is InChI=1S/C20H33.CH3.ClH.Mg.Na/c1-3-4-5-6-7-8-9-10-11-13-16-19(2)20-17-14-12-15-18-20;;;;/h12,14-15,17-18H,3-11,13,16H2,1-2H3;1H3;1H;;/q;;;;+1/p-1. The van der Waals surface area contributed by atoms with E-state index >= 15 is 0 Å². The van der Waals surface area contributed by atoms with Crippen LogP contribution in [0.3, 0.4) is 0 Å². The molecule has 0 heterocycles. The summed E-state index contributed by atoms with van der Waals surface area (Å²) in [5.41, 5.74) is 1.58. The zero-order valence-electron chi connectivity index (χ0n) is 16.7. The summed E-state index contributed by atoms with van der Waals surface area (Å²) >= 11 is -0.0227. The molecule has 0 spiro atoms. The molecule has 3 heteroatoms. The third-order valence-electron chi connectivity index (χ3n) is 5.33. The maximum atomic E-state index is 2.50. The number of halogens is 1. The second kappa shape index (κ2) is 17.7. The molecule has 0 bridgehead atoms. The molecular formula is C21H36ClMgNa. The average Bonchev–Trinajstić information content (AvgIpc) is 2.57. The molecule has 0 radical (unpaired) electrons. The molecule has 0 nitrogen and oxygen atoms in total. The molecule has 1 atom stereocenters. The van der Waals surface area contributed by atoms with Crippen LogP contribution >= 0.6 is 0 Å². The number of hydrogen-bond donors (Lipinski definition) is 0. The number of unbranched alkanes of at least 4 members (excludes halogenated alkanes) is 9. The molecule has 0 amide bonds. The van der Waals surface area contributed by atoms with Gasteiger partial charge >= 0.3 is 49.9 Å². The summed E-state index contributed by atoms with van der Waals surface area (Å²) in [6.45, 7) is 4.80. The van der Waals surface area contributed by atoms with Crippen LogP contribution < -0.4 is 42.0 Å². The molecule has 0 aliphatic rings. The summed E-state index contributed by atoms with van der Waals surface area (Å²) in [7, 11) is 0. The van der Waals surface area contributed by atoms with Gasteiger partial charge < -0.3 is 12.4 Å². The summed E-state index contributed by atoms with van der Waals surface area (Å²) in [6.07, 6.45) is 15.8. The third-order valence-corrected chi connectivity index (χ3v) is 7.66. The Morgan fingerprint density at radius 3 is 1.71 bits per heavy atom. The fourth-order valence-electron chi connectivity index (χ4n) is 3.37. The zero-order valence-corrected chi connectivity index (χ0v) is 20.9. The first-order chi connectivity index (χ1) is 10.7. The van der Waals surface area contributed by atoms with Crippen LogP contribution in [0, 0.1) is 0 Å². The van der Waals surface area contributed by atoms with E-state index in [2.05, 4.69) is 49.2 Å². The van der Waals surface area contributed by atoms with Gasteiger partial charge in [-0.25, -0.2) is 0 Å². The Labute approximate surface area is 189 Å². The first-order valence-electron chi connectivity index (χ1n) is 9.78. The maximum Gasteiger partial charge on any atom is 1.00 e. The van der Waals surface area contributed by atoms with Crippen LogP contribution in [0.4, 0.5) is 0 Å². The summed E-state index contributed by atoms with van der Waals surface area (Å²) < 4.78 is 0.515. The predicted molar refractivity (Wildman–Crippen MR) is 102 cm³/mol. The van der Waals surface area contributed by atoms with E-state index in [0.717, 1.165) is 0 Å². The van der Waals surface area contributed by atoms with Crippen molar-refractivity contribution in [3.63, 3.8) is 0 Å². The molecule has 1 aromatic carbocycles. The van der Waals surface area contributed by atoms with E-state index in [1.807, 2.05) is 0 Å². The van der Waals surface area contributed by atoms with E-state index in [1.54, 1.807) is 5.56 Å². The first-order valence-corrected chi connectivity index (χ1v) is 11.9. The topological polar surface area (TPSA) is 0 Å².